The van der Waals surface area contributed by atoms with Gasteiger partial charge in [-0.05, 0) is 6.92 Å². The molecule has 0 radical (unpaired) electrons. The fourth-order valence-corrected chi connectivity index (χ4v) is 0. The van der Waals surface area contributed by atoms with Crippen molar-refractivity contribution in [2.75, 3.05) is 0 Å². The zero-order valence-electron chi connectivity index (χ0n) is 4.80. The van der Waals surface area contributed by atoms with Gasteiger partial charge >= 0.3 is 7.82 Å². The molecule has 0 aliphatic heterocycles. The first kappa shape index (κ1) is 11.8. The fourth-order valence-electron chi connectivity index (χ4n) is 0. The predicted octanol–water partition coefficient (Wildman–Crippen LogP) is -1.65. The summed E-state index contributed by atoms with van der Waals surface area (Å²) in [6.45, 7) is 1.50. The zero-order chi connectivity index (χ0) is 8.08. The highest BCUT2D eigenvalue weighted by Crippen LogP contribution is 2.25. The van der Waals surface area contributed by atoms with E-state index in [0.29, 0.717) is 0 Å². The summed E-state index contributed by atoms with van der Waals surface area (Å²) in [6.07, 6.45) is -0.667. The van der Waals surface area contributed by atoms with Crippen LogP contribution in [0, 0.1) is 0 Å². The van der Waals surface area contributed by atoms with E-state index in [1.54, 1.807) is 0 Å². The second-order valence-corrected chi connectivity index (χ2v) is 2.28. The van der Waals surface area contributed by atoms with Gasteiger partial charge in [-0.25, -0.2) is 4.57 Å². The van der Waals surface area contributed by atoms with Crippen LogP contribution in [0.25, 0.3) is 0 Å². The maximum Gasteiger partial charge on any atom is 0.466 e. The Kier molecular flexibility index (Phi) is 6.37. The van der Waals surface area contributed by atoms with E-state index in [0.717, 1.165) is 0 Å². The Bertz CT molecular complexity index is 86.1. The molecule has 0 aromatic carbocycles. The van der Waals surface area contributed by atoms with Crippen molar-refractivity contribution in [3.63, 3.8) is 0 Å². The molecule has 7 heteroatoms. The average molecular weight is 159 g/mol. The lowest BCUT2D eigenvalue weighted by Crippen LogP contribution is -2.11. The monoisotopic (exact) mass is 159 g/mol. The van der Waals surface area contributed by atoms with Crippen molar-refractivity contribution in [3.8, 4) is 0 Å². The molecule has 0 saturated heterocycles. The van der Waals surface area contributed by atoms with Crippen LogP contribution in [0.2, 0.25) is 0 Å². The van der Waals surface area contributed by atoms with Crippen LogP contribution in [0.3, 0.4) is 0 Å². The van der Waals surface area contributed by atoms with E-state index >= 15 is 0 Å². The quantitative estimate of drug-likeness (QED) is 0.213. The van der Waals surface area contributed by atoms with E-state index in [4.69, 9.17) is 24.4 Å². The van der Waals surface area contributed by atoms with Gasteiger partial charge in [0.2, 0.25) is 0 Å². The second kappa shape index (κ2) is 4.87. The van der Waals surface area contributed by atoms with Gasteiger partial charge in [0.15, 0.2) is 0 Å². The zero-order valence-corrected chi connectivity index (χ0v) is 5.69. The molecule has 0 rings (SSSR count). The normalized spacial score (nSPS) is 13.6. The summed E-state index contributed by atoms with van der Waals surface area (Å²) in [4.78, 5) is 21.6. The molecule has 1 atom stereocenters. The van der Waals surface area contributed by atoms with Gasteiger partial charge in [-0.2, -0.15) is 0 Å². The summed E-state index contributed by atoms with van der Waals surface area (Å²) >= 11 is 0. The lowest BCUT2D eigenvalue weighted by Gasteiger charge is -1.82. The molecular formula is C2H10NO5P. The van der Waals surface area contributed by atoms with Gasteiger partial charge in [0.25, 0.3) is 0 Å². The Labute approximate surface area is 52.2 Å². The summed E-state index contributed by atoms with van der Waals surface area (Å²) < 4.78 is 8.88. The summed E-state index contributed by atoms with van der Waals surface area (Å²) in [6, 6.07) is 0. The van der Waals surface area contributed by atoms with Crippen molar-refractivity contribution in [1.82, 2.24) is 0 Å². The molecule has 0 fully saturated rings. The molecule has 0 heterocycles. The van der Waals surface area contributed by atoms with Gasteiger partial charge in [-0.1, -0.05) is 0 Å². The molecule has 0 amide bonds. The lowest BCUT2D eigenvalue weighted by atomic mass is 10.7. The molecule has 6 N–H and O–H groups in total. The summed E-state index contributed by atoms with van der Waals surface area (Å²) in [5, 5.41) is 7.83. The minimum atomic E-state index is -4.64. The number of phosphoric acid groups is 1. The molecule has 1 unspecified atom stereocenters. The summed E-state index contributed by atoms with van der Waals surface area (Å²) in [5.41, 5.74) is 4.67. The van der Waals surface area contributed by atoms with Crippen molar-refractivity contribution in [2.24, 2.45) is 5.73 Å². The van der Waals surface area contributed by atoms with Crippen LogP contribution < -0.4 is 5.73 Å². The average Bonchev–Trinajstić information content (AvgIpc) is 1.19. The highest BCUT2D eigenvalue weighted by Gasteiger charge is 2.00. The largest absolute Gasteiger partial charge is 0.466 e. The first-order valence-electron chi connectivity index (χ1n) is 1.95. The molecule has 0 bridgehead atoms. The van der Waals surface area contributed by atoms with Crippen LogP contribution in [0.5, 0.6) is 0 Å². The van der Waals surface area contributed by atoms with Crippen molar-refractivity contribution >= 4 is 7.82 Å². The number of hydrogen-bond acceptors (Lipinski definition) is 3. The Hall–Kier alpha value is 0.0300. The third-order valence-electron chi connectivity index (χ3n) is 0. The van der Waals surface area contributed by atoms with Gasteiger partial charge < -0.3 is 25.5 Å². The van der Waals surface area contributed by atoms with Crippen molar-refractivity contribution < 1.29 is 24.4 Å². The van der Waals surface area contributed by atoms with Crippen molar-refractivity contribution in [1.29, 1.82) is 0 Å². The molecule has 0 aromatic heterocycles. The van der Waals surface area contributed by atoms with Crippen LogP contribution in [0.1, 0.15) is 6.92 Å². The molecule has 6 nitrogen and oxygen atoms in total. The van der Waals surface area contributed by atoms with Gasteiger partial charge in [-0.15, -0.1) is 0 Å². The highest BCUT2D eigenvalue weighted by atomic mass is 31.2. The number of hydrogen-bond donors (Lipinski definition) is 5. The molecule has 0 spiro atoms. The van der Waals surface area contributed by atoms with Crippen molar-refractivity contribution in [3.05, 3.63) is 0 Å². The predicted molar refractivity (Wildman–Crippen MR) is 30.1 cm³/mol. The Morgan fingerprint density at radius 1 is 1.44 bits per heavy atom. The van der Waals surface area contributed by atoms with Crippen LogP contribution in [0.4, 0.5) is 0 Å². The third-order valence-corrected chi connectivity index (χ3v) is 0. The van der Waals surface area contributed by atoms with Gasteiger partial charge in [-0.3, -0.25) is 0 Å². The van der Waals surface area contributed by atoms with Crippen LogP contribution >= 0.6 is 7.82 Å². The number of rotatable bonds is 0. The van der Waals surface area contributed by atoms with Crippen LogP contribution in [0.15, 0.2) is 0 Å². The molecular weight excluding hydrogens is 149 g/mol. The lowest BCUT2D eigenvalue weighted by molar-refractivity contribution is 0.203. The van der Waals surface area contributed by atoms with Crippen LogP contribution in [-0.2, 0) is 4.57 Å². The first-order valence-corrected chi connectivity index (χ1v) is 3.52. The highest BCUT2D eigenvalue weighted by molar-refractivity contribution is 7.45. The second-order valence-electron chi connectivity index (χ2n) is 1.25. The smallest absolute Gasteiger partial charge is 0.379 e. The Balaban J connectivity index is 0. The summed E-state index contributed by atoms with van der Waals surface area (Å²) in [7, 11) is -4.64. The number of nitrogens with two attached hydrogens (primary N) is 1. The van der Waals surface area contributed by atoms with Gasteiger partial charge in [0, 0.05) is 0 Å². The molecule has 0 aromatic rings. The van der Waals surface area contributed by atoms with E-state index in [2.05, 4.69) is 5.73 Å². The van der Waals surface area contributed by atoms with Gasteiger partial charge in [0.1, 0.15) is 0 Å². The minimum absolute atomic E-state index is 0.667. The van der Waals surface area contributed by atoms with E-state index in [-0.39, 0.29) is 0 Å². The minimum Gasteiger partial charge on any atom is -0.379 e. The molecule has 0 aliphatic rings. The molecule has 58 valence electrons. The van der Waals surface area contributed by atoms with Crippen molar-refractivity contribution in [2.45, 2.75) is 13.2 Å². The Morgan fingerprint density at radius 2 is 1.44 bits per heavy atom. The fraction of sp³-hybridized carbons (Fsp3) is 1.00. The molecule has 9 heavy (non-hydrogen) atoms. The number of aliphatic hydroxyl groups is 1. The van der Waals surface area contributed by atoms with E-state index in [1.807, 2.05) is 0 Å². The summed E-state index contributed by atoms with van der Waals surface area (Å²) in [5.74, 6) is 0. The maximum atomic E-state index is 8.88. The molecule has 0 aliphatic carbocycles. The standard InChI is InChI=1S/C2H7NO.H3O4P/c1-2(3)4;1-5(2,3)4/h2,4H,3H2,1H3;(H3,1,2,3,4). The first-order chi connectivity index (χ1) is 3.73. The third kappa shape index (κ3) is 324000. The van der Waals surface area contributed by atoms with E-state index in [9.17, 15) is 0 Å². The maximum absolute atomic E-state index is 8.88. The molecule has 0 saturated carbocycles. The van der Waals surface area contributed by atoms with E-state index in [1.165, 1.54) is 6.92 Å². The van der Waals surface area contributed by atoms with Gasteiger partial charge in [0.05, 0.1) is 6.23 Å². The SMILES string of the molecule is CC(N)O.O=P(O)(O)O. The van der Waals surface area contributed by atoms with E-state index < -0.39 is 14.1 Å². The number of aliphatic hydroxyl groups excluding tert-OH is 1. The topological polar surface area (TPSA) is 124 Å². The Morgan fingerprint density at radius 3 is 1.44 bits per heavy atom. The van der Waals surface area contributed by atoms with Crippen LogP contribution in [-0.4, -0.2) is 26.0 Å².